The first-order chi connectivity index (χ1) is 6.66. The molecule has 2 fully saturated rings. The molecular weight excluding hydrogens is 184 g/mol. The number of nitrogens with one attached hydrogen (secondary N) is 1. The Hall–Kier alpha value is -1.10. The maximum Gasteiger partial charge on any atom is 0.246 e. The van der Waals surface area contributed by atoms with Crippen LogP contribution >= 0.6 is 0 Å². The van der Waals surface area contributed by atoms with Crippen LogP contribution in [0.1, 0.15) is 19.3 Å². The topological polar surface area (TPSA) is 81.4 Å². The summed E-state index contributed by atoms with van der Waals surface area (Å²) in [6.45, 7) is -0.259. The summed E-state index contributed by atoms with van der Waals surface area (Å²) in [7, 11) is 0. The van der Waals surface area contributed by atoms with E-state index < -0.39 is 5.91 Å². The molecule has 0 radical (unpaired) electrons. The lowest BCUT2D eigenvalue weighted by molar-refractivity contribution is -0.141. The van der Waals surface area contributed by atoms with Gasteiger partial charge in [0.25, 0.3) is 0 Å². The van der Waals surface area contributed by atoms with Gasteiger partial charge in [-0.3, -0.25) is 14.4 Å². The minimum atomic E-state index is -0.584. The summed E-state index contributed by atoms with van der Waals surface area (Å²) in [5.41, 5.74) is 7.10. The Balaban J connectivity index is 1.66. The van der Waals surface area contributed by atoms with Crippen molar-refractivity contribution in [3.63, 3.8) is 0 Å². The van der Waals surface area contributed by atoms with E-state index in [1.54, 1.807) is 0 Å². The molecule has 2 aliphatic rings. The smallest absolute Gasteiger partial charge is 0.246 e. The first-order valence-electron chi connectivity index (χ1n) is 4.86. The fourth-order valence-electron chi connectivity index (χ4n) is 2.19. The van der Waals surface area contributed by atoms with E-state index in [1.165, 1.54) is 6.42 Å². The molecule has 2 rings (SSSR count). The van der Waals surface area contributed by atoms with Gasteiger partial charge in [-0.05, 0) is 31.1 Å². The number of carbonyl (C=O) groups is 2. The molecule has 0 aromatic heterocycles. The quantitative estimate of drug-likeness (QED) is 0.601. The standard InChI is InChI=1S/C9H14N2O3/c10-8(12)4-14-11-9(13)7-2-5-1-6(5)3-7/h5-7H,1-4H2,(H2,10,12)(H,11,13). The third kappa shape index (κ3) is 2.04. The van der Waals surface area contributed by atoms with Crippen LogP contribution in [0.5, 0.6) is 0 Å². The molecule has 5 heteroatoms. The Morgan fingerprint density at radius 2 is 1.93 bits per heavy atom. The predicted molar refractivity (Wildman–Crippen MR) is 47.6 cm³/mol. The molecule has 0 spiro atoms. The van der Waals surface area contributed by atoms with E-state index in [9.17, 15) is 9.59 Å². The molecule has 0 bridgehead atoms. The Labute approximate surface area is 81.9 Å². The fourth-order valence-corrected chi connectivity index (χ4v) is 2.19. The highest BCUT2D eigenvalue weighted by molar-refractivity contribution is 5.79. The largest absolute Gasteiger partial charge is 0.368 e. The minimum absolute atomic E-state index is 0.0756. The first kappa shape index (κ1) is 9.45. The van der Waals surface area contributed by atoms with Crippen LogP contribution < -0.4 is 11.2 Å². The van der Waals surface area contributed by atoms with Crippen LogP contribution in [0.25, 0.3) is 0 Å². The Morgan fingerprint density at radius 1 is 1.29 bits per heavy atom. The number of hydroxylamine groups is 1. The third-order valence-electron chi connectivity index (χ3n) is 3.00. The summed E-state index contributed by atoms with van der Waals surface area (Å²) in [5, 5.41) is 0. The van der Waals surface area contributed by atoms with Gasteiger partial charge < -0.3 is 5.73 Å². The fraction of sp³-hybridized carbons (Fsp3) is 0.778. The molecular formula is C9H14N2O3. The highest BCUT2D eigenvalue weighted by atomic mass is 16.7. The number of hydrogen-bond donors (Lipinski definition) is 2. The zero-order valence-corrected chi connectivity index (χ0v) is 7.86. The van der Waals surface area contributed by atoms with Crippen molar-refractivity contribution in [1.29, 1.82) is 0 Å². The number of amides is 2. The summed E-state index contributed by atoms with van der Waals surface area (Å²) < 4.78 is 0. The van der Waals surface area contributed by atoms with E-state index in [1.807, 2.05) is 0 Å². The van der Waals surface area contributed by atoms with E-state index >= 15 is 0 Å². The molecule has 0 aromatic rings. The van der Waals surface area contributed by atoms with Gasteiger partial charge in [0.1, 0.15) is 0 Å². The van der Waals surface area contributed by atoms with Crippen molar-refractivity contribution in [2.45, 2.75) is 19.3 Å². The molecule has 5 nitrogen and oxygen atoms in total. The monoisotopic (exact) mass is 198 g/mol. The van der Waals surface area contributed by atoms with Gasteiger partial charge in [-0.2, -0.15) is 0 Å². The van der Waals surface area contributed by atoms with Gasteiger partial charge in [-0.15, -0.1) is 0 Å². The van der Waals surface area contributed by atoms with Crippen LogP contribution in [0.2, 0.25) is 0 Å². The second-order valence-corrected chi connectivity index (χ2v) is 4.15. The van der Waals surface area contributed by atoms with Gasteiger partial charge in [0.15, 0.2) is 6.61 Å². The lowest BCUT2D eigenvalue weighted by Crippen LogP contribution is -2.33. The zero-order valence-electron chi connectivity index (χ0n) is 7.86. The van der Waals surface area contributed by atoms with Crippen molar-refractivity contribution in [3.8, 4) is 0 Å². The number of nitrogens with two attached hydrogens (primary N) is 1. The number of rotatable bonds is 4. The Morgan fingerprint density at radius 3 is 2.50 bits per heavy atom. The second-order valence-electron chi connectivity index (χ2n) is 4.15. The van der Waals surface area contributed by atoms with Crippen LogP contribution in [-0.2, 0) is 14.4 Å². The van der Waals surface area contributed by atoms with Gasteiger partial charge in [0.2, 0.25) is 11.8 Å². The average Bonchev–Trinajstić information content (AvgIpc) is 2.73. The van der Waals surface area contributed by atoms with E-state index in [2.05, 4.69) is 10.3 Å². The highest BCUT2D eigenvalue weighted by Crippen LogP contribution is 2.54. The van der Waals surface area contributed by atoms with Crippen molar-refractivity contribution in [3.05, 3.63) is 0 Å². The zero-order chi connectivity index (χ0) is 10.1. The third-order valence-corrected chi connectivity index (χ3v) is 3.00. The average molecular weight is 198 g/mol. The molecule has 2 aliphatic carbocycles. The summed E-state index contributed by atoms with van der Waals surface area (Å²) in [6, 6.07) is 0. The molecule has 2 amide bonds. The Kier molecular flexibility index (Phi) is 2.41. The van der Waals surface area contributed by atoms with Gasteiger partial charge in [-0.1, -0.05) is 0 Å². The molecule has 78 valence electrons. The second kappa shape index (κ2) is 3.57. The van der Waals surface area contributed by atoms with Crippen molar-refractivity contribution < 1.29 is 14.4 Å². The Bertz CT molecular complexity index is 257. The van der Waals surface area contributed by atoms with E-state index in [0.717, 1.165) is 24.7 Å². The van der Waals surface area contributed by atoms with Crippen LogP contribution in [-0.4, -0.2) is 18.4 Å². The summed E-state index contributed by atoms with van der Waals surface area (Å²) >= 11 is 0. The number of carbonyl (C=O) groups excluding carboxylic acids is 2. The summed E-state index contributed by atoms with van der Waals surface area (Å²) in [4.78, 5) is 26.4. The predicted octanol–water partition coefficient (Wildman–Crippen LogP) is -0.434. The number of fused-ring (bicyclic) bond motifs is 1. The van der Waals surface area contributed by atoms with Crippen molar-refractivity contribution in [2.75, 3.05) is 6.61 Å². The summed E-state index contributed by atoms with van der Waals surface area (Å²) in [6.07, 6.45) is 3.22. The van der Waals surface area contributed by atoms with Gasteiger partial charge >= 0.3 is 0 Å². The van der Waals surface area contributed by atoms with Crippen molar-refractivity contribution in [1.82, 2.24) is 5.48 Å². The molecule has 2 unspecified atom stereocenters. The molecule has 0 saturated heterocycles. The molecule has 0 aromatic carbocycles. The molecule has 0 aliphatic heterocycles. The molecule has 2 atom stereocenters. The maximum absolute atomic E-state index is 11.4. The molecule has 14 heavy (non-hydrogen) atoms. The summed E-state index contributed by atoms with van der Waals surface area (Å²) in [5.74, 6) is 0.911. The minimum Gasteiger partial charge on any atom is -0.368 e. The van der Waals surface area contributed by atoms with Crippen molar-refractivity contribution in [2.24, 2.45) is 23.5 Å². The molecule has 0 heterocycles. The van der Waals surface area contributed by atoms with Crippen LogP contribution in [0, 0.1) is 17.8 Å². The number of hydrogen-bond acceptors (Lipinski definition) is 3. The van der Waals surface area contributed by atoms with Crippen LogP contribution in [0.3, 0.4) is 0 Å². The van der Waals surface area contributed by atoms with Crippen LogP contribution in [0.15, 0.2) is 0 Å². The normalized spacial score (nSPS) is 33.6. The van der Waals surface area contributed by atoms with Crippen molar-refractivity contribution >= 4 is 11.8 Å². The molecule has 2 saturated carbocycles. The van der Waals surface area contributed by atoms with Crippen LogP contribution in [0.4, 0.5) is 0 Å². The lowest BCUT2D eigenvalue weighted by Gasteiger charge is -2.10. The van der Waals surface area contributed by atoms with Gasteiger partial charge in [0, 0.05) is 5.92 Å². The lowest BCUT2D eigenvalue weighted by atomic mass is 10.0. The van der Waals surface area contributed by atoms with E-state index in [0.29, 0.717) is 0 Å². The van der Waals surface area contributed by atoms with E-state index in [4.69, 9.17) is 5.73 Å². The first-order valence-corrected chi connectivity index (χ1v) is 4.86. The highest BCUT2D eigenvalue weighted by Gasteiger charge is 2.48. The maximum atomic E-state index is 11.4. The van der Waals surface area contributed by atoms with Gasteiger partial charge in [0.05, 0.1) is 0 Å². The number of primary amides is 1. The van der Waals surface area contributed by atoms with Gasteiger partial charge in [-0.25, -0.2) is 5.48 Å². The molecule has 3 N–H and O–H groups in total. The SMILES string of the molecule is NC(=O)CONC(=O)C1CC2CC2C1. The van der Waals surface area contributed by atoms with E-state index in [-0.39, 0.29) is 18.4 Å².